The summed E-state index contributed by atoms with van der Waals surface area (Å²) < 4.78 is 1.95. The van der Waals surface area contributed by atoms with Gasteiger partial charge in [-0.2, -0.15) is 0 Å². The molecule has 0 bridgehead atoms. The first-order valence-corrected chi connectivity index (χ1v) is 14.2. The SMILES string of the molecule is CN(CC1C[C@@H](n2ccc3c(N)ncnc32)[C@H](O)[C@@H]1O)[C@H]1C[C@H](CCc2nc3cc(C(C)(C)C)ccc3[nH]2)C1. The van der Waals surface area contributed by atoms with Crippen LogP contribution in [0.4, 0.5) is 5.82 Å². The van der Waals surface area contributed by atoms with E-state index in [4.69, 9.17) is 10.7 Å². The second-order valence-corrected chi connectivity index (χ2v) is 12.9. The van der Waals surface area contributed by atoms with E-state index in [1.807, 2.05) is 16.8 Å². The van der Waals surface area contributed by atoms with E-state index in [0.29, 0.717) is 29.8 Å². The highest BCUT2D eigenvalue weighted by molar-refractivity contribution is 5.86. The molecule has 0 spiro atoms. The lowest BCUT2D eigenvalue weighted by molar-refractivity contribution is -0.00658. The molecule has 1 aromatic carbocycles. The predicted molar refractivity (Wildman–Crippen MR) is 153 cm³/mol. The number of aliphatic hydroxyl groups excluding tert-OH is 2. The Balaban J connectivity index is 1.01. The van der Waals surface area contributed by atoms with E-state index in [9.17, 15) is 10.2 Å². The summed E-state index contributed by atoms with van der Waals surface area (Å²) in [5, 5.41) is 22.6. The molecule has 6 rings (SSSR count). The summed E-state index contributed by atoms with van der Waals surface area (Å²) in [6.07, 6.45) is 6.86. The van der Waals surface area contributed by atoms with E-state index in [2.05, 4.69) is 65.9 Å². The topological polar surface area (TPSA) is 129 Å². The number of benzene rings is 1. The van der Waals surface area contributed by atoms with Gasteiger partial charge < -0.3 is 30.4 Å². The number of aromatic nitrogens is 5. The molecule has 3 heterocycles. The van der Waals surface area contributed by atoms with Crippen LogP contribution in [-0.2, 0) is 11.8 Å². The summed E-state index contributed by atoms with van der Waals surface area (Å²) in [5.41, 5.74) is 10.3. The van der Waals surface area contributed by atoms with Crippen LogP contribution in [0, 0.1) is 11.8 Å². The van der Waals surface area contributed by atoms with Gasteiger partial charge in [0.15, 0.2) is 0 Å². The molecule has 9 heteroatoms. The number of nitrogens with zero attached hydrogens (tertiary/aromatic N) is 5. The number of nitrogens with one attached hydrogen (secondary N) is 1. The summed E-state index contributed by atoms with van der Waals surface area (Å²) >= 11 is 0. The van der Waals surface area contributed by atoms with Crippen LogP contribution < -0.4 is 5.73 Å². The molecular formula is C30H41N7O2. The molecule has 2 aliphatic rings. The van der Waals surface area contributed by atoms with Gasteiger partial charge in [-0.15, -0.1) is 0 Å². The van der Waals surface area contributed by atoms with Crippen LogP contribution in [0.1, 0.15) is 63.9 Å². The highest BCUT2D eigenvalue weighted by atomic mass is 16.3. The number of hydrogen-bond acceptors (Lipinski definition) is 7. The third-order valence-electron chi connectivity index (χ3n) is 9.21. The number of aryl methyl sites for hydroxylation is 1. The van der Waals surface area contributed by atoms with Gasteiger partial charge in [-0.1, -0.05) is 26.8 Å². The number of aliphatic hydroxyl groups is 2. The minimum atomic E-state index is -0.840. The molecule has 4 atom stereocenters. The van der Waals surface area contributed by atoms with E-state index in [1.165, 1.54) is 11.9 Å². The molecule has 1 unspecified atom stereocenters. The zero-order valence-electron chi connectivity index (χ0n) is 23.4. The van der Waals surface area contributed by atoms with Gasteiger partial charge in [0.05, 0.1) is 28.6 Å². The molecule has 39 heavy (non-hydrogen) atoms. The second kappa shape index (κ2) is 9.87. The first kappa shape index (κ1) is 26.2. The lowest BCUT2D eigenvalue weighted by Crippen LogP contribution is -2.46. The molecule has 2 fully saturated rings. The van der Waals surface area contributed by atoms with Crippen LogP contribution >= 0.6 is 0 Å². The molecule has 2 saturated carbocycles. The molecule has 5 N–H and O–H groups in total. The average Bonchev–Trinajstić information content (AvgIpc) is 3.54. The van der Waals surface area contributed by atoms with Crippen molar-refractivity contribution in [3.8, 4) is 0 Å². The van der Waals surface area contributed by atoms with Gasteiger partial charge in [0, 0.05) is 31.1 Å². The fourth-order valence-electron chi connectivity index (χ4n) is 6.61. The number of anilines is 1. The maximum Gasteiger partial charge on any atom is 0.145 e. The molecule has 0 radical (unpaired) electrons. The smallest absolute Gasteiger partial charge is 0.145 e. The number of fused-ring (bicyclic) bond motifs is 2. The minimum absolute atomic E-state index is 0.000720. The average molecular weight is 532 g/mol. The fraction of sp³-hybridized carbons (Fsp3) is 0.567. The van der Waals surface area contributed by atoms with E-state index in [0.717, 1.165) is 54.5 Å². The Morgan fingerprint density at radius 1 is 1.10 bits per heavy atom. The largest absolute Gasteiger partial charge is 0.390 e. The lowest BCUT2D eigenvalue weighted by Gasteiger charge is -2.42. The van der Waals surface area contributed by atoms with Gasteiger partial charge in [-0.25, -0.2) is 15.0 Å². The number of aromatic amines is 1. The van der Waals surface area contributed by atoms with Crippen molar-refractivity contribution in [1.82, 2.24) is 29.4 Å². The summed E-state index contributed by atoms with van der Waals surface area (Å²) in [7, 11) is 2.15. The Hall–Kier alpha value is -3.01. The number of rotatable bonds is 7. The Morgan fingerprint density at radius 2 is 1.90 bits per heavy atom. The maximum atomic E-state index is 10.9. The van der Waals surface area contributed by atoms with Crippen molar-refractivity contribution in [2.75, 3.05) is 19.3 Å². The molecule has 2 aliphatic carbocycles. The zero-order chi connectivity index (χ0) is 27.5. The quantitative estimate of drug-likeness (QED) is 0.285. The number of H-pyrrole nitrogens is 1. The summed E-state index contributed by atoms with van der Waals surface area (Å²) in [4.78, 5) is 19.2. The van der Waals surface area contributed by atoms with Crippen LogP contribution in [0.2, 0.25) is 0 Å². The number of imidazole rings is 1. The lowest BCUT2D eigenvalue weighted by atomic mass is 9.76. The predicted octanol–water partition coefficient (Wildman–Crippen LogP) is 3.81. The van der Waals surface area contributed by atoms with Gasteiger partial charge >= 0.3 is 0 Å². The van der Waals surface area contributed by atoms with Crippen LogP contribution in [-0.4, -0.2) is 71.5 Å². The monoisotopic (exact) mass is 531 g/mol. The van der Waals surface area contributed by atoms with Gasteiger partial charge in [-0.05, 0) is 67.8 Å². The molecule has 0 saturated heterocycles. The minimum Gasteiger partial charge on any atom is -0.390 e. The molecular weight excluding hydrogens is 490 g/mol. The van der Waals surface area contributed by atoms with Crippen LogP contribution in [0.3, 0.4) is 0 Å². The number of hydrogen-bond donors (Lipinski definition) is 4. The van der Waals surface area contributed by atoms with Gasteiger partial charge in [0.2, 0.25) is 0 Å². The van der Waals surface area contributed by atoms with Gasteiger partial charge in [0.25, 0.3) is 0 Å². The van der Waals surface area contributed by atoms with Crippen LogP contribution in [0.5, 0.6) is 0 Å². The van der Waals surface area contributed by atoms with Crippen LogP contribution in [0.25, 0.3) is 22.1 Å². The summed E-state index contributed by atoms with van der Waals surface area (Å²) in [6.45, 7) is 7.46. The highest BCUT2D eigenvalue weighted by Crippen LogP contribution is 2.40. The Kier molecular flexibility index (Phi) is 6.64. The fourth-order valence-corrected chi connectivity index (χ4v) is 6.61. The van der Waals surface area contributed by atoms with Crippen molar-refractivity contribution < 1.29 is 10.2 Å². The normalized spacial score (nSPS) is 27.6. The van der Waals surface area contributed by atoms with Gasteiger partial charge in [0.1, 0.15) is 29.7 Å². The molecule has 0 amide bonds. The van der Waals surface area contributed by atoms with Crippen molar-refractivity contribution in [2.45, 2.75) is 82.6 Å². The van der Waals surface area contributed by atoms with Crippen molar-refractivity contribution in [3.63, 3.8) is 0 Å². The van der Waals surface area contributed by atoms with Crippen molar-refractivity contribution in [2.24, 2.45) is 11.8 Å². The Morgan fingerprint density at radius 3 is 2.67 bits per heavy atom. The Bertz CT molecular complexity index is 1470. The van der Waals surface area contributed by atoms with Crippen molar-refractivity contribution in [3.05, 3.63) is 48.2 Å². The second-order valence-electron chi connectivity index (χ2n) is 12.9. The van der Waals surface area contributed by atoms with Crippen molar-refractivity contribution >= 4 is 27.9 Å². The van der Waals surface area contributed by atoms with E-state index < -0.39 is 12.2 Å². The highest BCUT2D eigenvalue weighted by Gasteiger charge is 2.44. The Labute approximate surface area is 229 Å². The van der Waals surface area contributed by atoms with E-state index in [-0.39, 0.29) is 17.4 Å². The van der Waals surface area contributed by atoms with Crippen molar-refractivity contribution in [1.29, 1.82) is 0 Å². The maximum absolute atomic E-state index is 10.9. The van der Waals surface area contributed by atoms with Gasteiger partial charge in [-0.3, -0.25) is 0 Å². The first-order chi connectivity index (χ1) is 18.6. The van der Waals surface area contributed by atoms with Crippen LogP contribution in [0.15, 0.2) is 36.8 Å². The molecule has 208 valence electrons. The first-order valence-electron chi connectivity index (χ1n) is 14.2. The third-order valence-corrected chi connectivity index (χ3v) is 9.21. The summed E-state index contributed by atoms with van der Waals surface area (Å²) in [5.74, 6) is 2.20. The molecule has 9 nitrogen and oxygen atoms in total. The third kappa shape index (κ3) is 4.92. The molecule has 0 aliphatic heterocycles. The standard InChI is InChI=1S/C30H41N7O2/c1-30(2,3)19-6-7-22-23(14-19)35-25(34-22)8-5-17-11-20(12-17)36(4)15-18-13-24(27(39)26(18)38)37-10-9-21-28(31)32-16-33-29(21)37/h6-7,9-10,14,16-18,20,24,26-27,38-39H,5,8,11-13,15H2,1-4H3,(H,34,35)(H2,31,32,33)/t17-,18?,20-,24-,26-,27+/m1/s1. The van der Waals surface area contributed by atoms with E-state index in [1.54, 1.807) is 0 Å². The number of nitrogen functional groups attached to an aromatic ring is 1. The molecule has 3 aromatic heterocycles. The summed E-state index contributed by atoms with van der Waals surface area (Å²) in [6, 6.07) is 8.73. The van der Waals surface area contributed by atoms with E-state index >= 15 is 0 Å². The number of nitrogens with two attached hydrogens (primary N) is 1. The zero-order valence-corrected chi connectivity index (χ0v) is 23.4. The molecule has 4 aromatic rings.